The molecule has 0 aliphatic carbocycles. The molecule has 0 unspecified atom stereocenters. The van der Waals surface area contributed by atoms with Gasteiger partial charge < -0.3 is 5.32 Å². The highest BCUT2D eigenvalue weighted by molar-refractivity contribution is 7.96. The van der Waals surface area contributed by atoms with Gasteiger partial charge in [0.2, 0.25) is 0 Å². The van der Waals surface area contributed by atoms with Crippen LogP contribution in [0.15, 0.2) is 30.5 Å². The molecule has 1 aromatic heterocycles. The molecule has 0 spiro atoms. The van der Waals surface area contributed by atoms with Gasteiger partial charge >= 0.3 is 0 Å². The number of rotatable bonds is 4. The third kappa shape index (κ3) is 3.28. The molecule has 8 nitrogen and oxygen atoms in total. The zero-order valence-electron chi connectivity index (χ0n) is 9.55. The molecular formula is C10H9N5O3S. The van der Waals surface area contributed by atoms with Crippen LogP contribution < -0.4 is 5.32 Å². The lowest BCUT2D eigenvalue weighted by molar-refractivity contribution is -0.384. The quantitative estimate of drug-likeness (QED) is 0.499. The van der Waals surface area contributed by atoms with Gasteiger partial charge in [-0.1, -0.05) is 17.8 Å². The number of nitro groups is 1. The second-order valence-corrected chi connectivity index (χ2v) is 3.99. The van der Waals surface area contributed by atoms with Crippen LogP contribution in [0.3, 0.4) is 0 Å². The van der Waals surface area contributed by atoms with Crippen LogP contribution in [0, 0.1) is 10.1 Å². The zero-order valence-corrected chi connectivity index (χ0v) is 10.4. The van der Waals surface area contributed by atoms with Crippen molar-refractivity contribution in [2.24, 2.45) is 0 Å². The summed E-state index contributed by atoms with van der Waals surface area (Å²) in [6, 6.07) is 5.89. The van der Waals surface area contributed by atoms with Gasteiger partial charge in [-0.2, -0.15) is 0 Å². The summed E-state index contributed by atoms with van der Waals surface area (Å²) >= 11 is 3.57. The molecule has 0 atom stereocenters. The van der Waals surface area contributed by atoms with E-state index in [0.717, 1.165) is 0 Å². The van der Waals surface area contributed by atoms with Gasteiger partial charge in [-0.15, -0.1) is 5.10 Å². The fraction of sp³-hybridized carbons (Fsp3) is 0.100. The van der Waals surface area contributed by atoms with E-state index < -0.39 is 10.2 Å². The first-order chi connectivity index (χ1) is 9.06. The molecule has 9 heteroatoms. The maximum absolute atomic E-state index is 10.6. The molecule has 0 saturated carbocycles. The Kier molecular flexibility index (Phi) is 3.76. The highest BCUT2D eigenvalue weighted by Crippen LogP contribution is 2.14. The number of thiol groups is 1. The lowest BCUT2D eigenvalue weighted by Gasteiger charge is -1.99. The fourth-order valence-corrected chi connectivity index (χ4v) is 1.48. The average molecular weight is 279 g/mol. The Morgan fingerprint density at radius 1 is 1.42 bits per heavy atom. The van der Waals surface area contributed by atoms with E-state index in [-0.39, 0.29) is 12.2 Å². The number of hydrogen-bond donors (Lipinski definition) is 2. The van der Waals surface area contributed by atoms with E-state index in [1.807, 2.05) is 0 Å². The SMILES string of the molecule is O=C(S)NCc1cn(-c2ccc([N+](=O)[O-])cc2)nn1. The smallest absolute Gasteiger partial charge is 0.276 e. The van der Waals surface area contributed by atoms with Crippen LogP contribution in [0.25, 0.3) is 5.69 Å². The molecule has 2 aromatic rings. The number of hydrogen-bond acceptors (Lipinski definition) is 5. The summed E-state index contributed by atoms with van der Waals surface area (Å²) < 4.78 is 1.46. The van der Waals surface area contributed by atoms with Crippen molar-refractivity contribution in [1.29, 1.82) is 0 Å². The number of carbonyl (C=O) groups excluding carboxylic acids is 1. The number of benzene rings is 1. The number of nitro benzene ring substituents is 1. The van der Waals surface area contributed by atoms with E-state index in [1.165, 1.54) is 16.8 Å². The van der Waals surface area contributed by atoms with Crippen molar-refractivity contribution in [3.63, 3.8) is 0 Å². The summed E-state index contributed by atoms with van der Waals surface area (Å²) in [5.74, 6) is 0. The van der Waals surface area contributed by atoms with Gasteiger partial charge in [0.05, 0.1) is 23.4 Å². The number of amides is 1. The molecule has 1 N–H and O–H groups in total. The van der Waals surface area contributed by atoms with Crippen molar-refractivity contribution in [1.82, 2.24) is 20.3 Å². The topological polar surface area (TPSA) is 103 Å². The first-order valence-electron chi connectivity index (χ1n) is 5.19. The highest BCUT2D eigenvalue weighted by Gasteiger charge is 2.07. The number of nitrogens with one attached hydrogen (secondary N) is 1. The standard InChI is InChI=1S/C10H9N5O3S/c16-10(19)11-5-7-6-14(13-12-7)8-1-3-9(4-2-8)15(17)18/h1-4,6H,5H2,(H2,11,16,19). The average Bonchev–Trinajstić information content (AvgIpc) is 2.85. The molecule has 1 heterocycles. The largest absolute Gasteiger partial charge is 0.341 e. The van der Waals surface area contributed by atoms with Crippen molar-refractivity contribution in [2.45, 2.75) is 6.54 Å². The summed E-state index contributed by atoms with van der Waals surface area (Å²) in [5.41, 5.74) is 1.20. The van der Waals surface area contributed by atoms with E-state index in [4.69, 9.17) is 0 Å². The Morgan fingerprint density at radius 2 is 2.11 bits per heavy atom. The molecular weight excluding hydrogens is 270 g/mol. The molecule has 0 bridgehead atoms. The molecule has 1 amide bonds. The Balaban J connectivity index is 2.13. The van der Waals surface area contributed by atoms with Gasteiger partial charge in [-0.05, 0) is 12.1 Å². The van der Waals surface area contributed by atoms with Gasteiger partial charge in [0.15, 0.2) is 0 Å². The van der Waals surface area contributed by atoms with Crippen LogP contribution in [0.2, 0.25) is 0 Å². The van der Waals surface area contributed by atoms with E-state index in [9.17, 15) is 14.9 Å². The van der Waals surface area contributed by atoms with Gasteiger partial charge in [-0.3, -0.25) is 14.9 Å². The lowest BCUT2D eigenvalue weighted by Crippen LogP contribution is -2.15. The second kappa shape index (κ2) is 5.48. The molecule has 0 saturated heterocycles. The number of carbonyl (C=O) groups is 1. The van der Waals surface area contributed by atoms with Crippen LogP contribution in [0.4, 0.5) is 10.5 Å². The maximum atomic E-state index is 10.6. The van der Waals surface area contributed by atoms with Crippen molar-refractivity contribution >= 4 is 23.6 Å². The van der Waals surface area contributed by atoms with Crippen LogP contribution in [-0.2, 0) is 6.54 Å². The maximum Gasteiger partial charge on any atom is 0.276 e. The predicted molar refractivity (Wildman–Crippen MR) is 69.2 cm³/mol. The van der Waals surface area contributed by atoms with Gasteiger partial charge in [0.1, 0.15) is 5.69 Å². The predicted octanol–water partition coefficient (Wildman–Crippen LogP) is 1.31. The van der Waals surface area contributed by atoms with E-state index in [0.29, 0.717) is 11.4 Å². The zero-order chi connectivity index (χ0) is 13.8. The van der Waals surface area contributed by atoms with Crippen LogP contribution in [0.5, 0.6) is 0 Å². The normalized spacial score (nSPS) is 10.2. The molecule has 19 heavy (non-hydrogen) atoms. The number of aromatic nitrogens is 3. The number of nitrogens with zero attached hydrogens (tertiary/aromatic N) is 4. The first kappa shape index (κ1) is 13.0. The minimum absolute atomic E-state index is 0.00595. The van der Waals surface area contributed by atoms with E-state index in [1.54, 1.807) is 18.3 Å². The first-order valence-corrected chi connectivity index (χ1v) is 5.64. The minimum atomic E-state index is -0.473. The third-order valence-corrected chi connectivity index (χ3v) is 2.44. The van der Waals surface area contributed by atoms with Crippen LogP contribution in [-0.4, -0.2) is 25.2 Å². The van der Waals surface area contributed by atoms with Crippen molar-refractivity contribution in [3.8, 4) is 5.69 Å². The summed E-state index contributed by atoms with van der Waals surface area (Å²) in [7, 11) is 0. The fourth-order valence-electron chi connectivity index (χ4n) is 1.40. The Labute approximate surface area is 113 Å². The Hall–Kier alpha value is -2.42. The molecule has 1 aromatic carbocycles. The molecule has 0 radical (unpaired) electrons. The lowest BCUT2D eigenvalue weighted by atomic mass is 10.3. The summed E-state index contributed by atoms with van der Waals surface area (Å²) in [6.07, 6.45) is 1.62. The highest BCUT2D eigenvalue weighted by atomic mass is 32.1. The van der Waals surface area contributed by atoms with Crippen LogP contribution in [0.1, 0.15) is 5.69 Å². The Morgan fingerprint density at radius 3 is 2.68 bits per heavy atom. The minimum Gasteiger partial charge on any atom is -0.341 e. The van der Waals surface area contributed by atoms with Gasteiger partial charge in [-0.25, -0.2) is 4.68 Å². The molecule has 2 rings (SSSR count). The third-order valence-electron chi connectivity index (χ3n) is 2.29. The van der Waals surface area contributed by atoms with Crippen molar-refractivity contribution in [3.05, 3.63) is 46.3 Å². The monoisotopic (exact) mass is 279 g/mol. The number of non-ortho nitro benzene ring substituents is 1. The molecule has 98 valence electrons. The summed E-state index contributed by atoms with van der Waals surface area (Å²) in [6.45, 7) is 0.218. The summed E-state index contributed by atoms with van der Waals surface area (Å²) in [5, 5.41) is 20.3. The van der Waals surface area contributed by atoms with E-state index >= 15 is 0 Å². The second-order valence-electron chi connectivity index (χ2n) is 3.59. The van der Waals surface area contributed by atoms with Crippen molar-refractivity contribution in [2.75, 3.05) is 0 Å². The molecule has 0 aliphatic heterocycles. The van der Waals surface area contributed by atoms with Crippen molar-refractivity contribution < 1.29 is 9.72 Å². The van der Waals surface area contributed by atoms with Gasteiger partial charge in [0.25, 0.3) is 10.9 Å². The van der Waals surface area contributed by atoms with Crippen LogP contribution >= 0.6 is 12.6 Å². The molecule has 0 aliphatic rings. The van der Waals surface area contributed by atoms with E-state index in [2.05, 4.69) is 28.3 Å². The van der Waals surface area contributed by atoms with Gasteiger partial charge in [0, 0.05) is 12.1 Å². The summed E-state index contributed by atoms with van der Waals surface area (Å²) in [4.78, 5) is 20.7. The molecule has 0 fully saturated rings. The Bertz CT molecular complexity index is 610.